The Kier molecular flexibility index (Phi) is 3.79. The van der Waals surface area contributed by atoms with Gasteiger partial charge < -0.3 is 9.52 Å². The molecule has 4 heteroatoms. The van der Waals surface area contributed by atoms with Gasteiger partial charge in [-0.25, -0.2) is 0 Å². The van der Waals surface area contributed by atoms with E-state index in [2.05, 4.69) is 5.32 Å². The van der Waals surface area contributed by atoms with Gasteiger partial charge >= 0.3 is 5.97 Å². The first-order valence-corrected chi connectivity index (χ1v) is 5.72. The van der Waals surface area contributed by atoms with Crippen LogP contribution in [0.3, 0.4) is 0 Å². The van der Waals surface area contributed by atoms with Gasteiger partial charge in [-0.3, -0.25) is 10.1 Å². The van der Waals surface area contributed by atoms with Crippen molar-refractivity contribution in [3.8, 4) is 0 Å². The van der Waals surface area contributed by atoms with Crippen LogP contribution in [0.15, 0.2) is 47.1 Å². The van der Waals surface area contributed by atoms with Crippen LogP contribution in [0.5, 0.6) is 0 Å². The van der Waals surface area contributed by atoms with Crippen molar-refractivity contribution in [2.24, 2.45) is 0 Å². The smallest absolute Gasteiger partial charge is 0.325 e. The third kappa shape index (κ3) is 2.78. The van der Waals surface area contributed by atoms with Gasteiger partial charge in [-0.15, -0.1) is 0 Å². The van der Waals surface area contributed by atoms with E-state index in [0.29, 0.717) is 6.54 Å². The fourth-order valence-electron chi connectivity index (χ4n) is 1.77. The monoisotopic (exact) mass is 245 g/mol. The average molecular weight is 245 g/mol. The van der Waals surface area contributed by atoms with Crippen LogP contribution in [0.2, 0.25) is 0 Å². The van der Waals surface area contributed by atoms with Crippen LogP contribution in [0, 0.1) is 6.92 Å². The Balaban J connectivity index is 2.09. The summed E-state index contributed by atoms with van der Waals surface area (Å²) in [5, 5.41) is 12.2. The van der Waals surface area contributed by atoms with Crippen molar-refractivity contribution < 1.29 is 14.3 Å². The third-order valence-electron chi connectivity index (χ3n) is 2.81. The molecule has 1 aromatic carbocycles. The zero-order chi connectivity index (χ0) is 13.0. The number of aliphatic carboxylic acids is 1. The fraction of sp³-hybridized carbons (Fsp3) is 0.214. The minimum absolute atomic E-state index is 0.394. The largest absolute Gasteiger partial charge is 0.480 e. The molecule has 0 bridgehead atoms. The van der Waals surface area contributed by atoms with Crippen molar-refractivity contribution in [1.29, 1.82) is 0 Å². The average Bonchev–Trinajstić information content (AvgIpc) is 2.76. The van der Waals surface area contributed by atoms with Crippen LogP contribution < -0.4 is 5.32 Å². The number of furan rings is 1. The van der Waals surface area contributed by atoms with E-state index < -0.39 is 12.0 Å². The van der Waals surface area contributed by atoms with E-state index in [4.69, 9.17) is 4.42 Å². The lowest BCUT2D eigenvalue weighted by Crippen LogP contribution is -2.28. The quantitative estimate of drug-likeness (QED) is 0.849. The van der Waals surface area contributed by atoms with Crippen molar-refractivity contribution >= 4 is 5.97 Å². The summed E-state index contributed by atoms with van der Waals surface area (Å²) in [7, 11) is 0. The normalized spacial score (nSPS) is 12.3. The molecule has 1 atom stereocenters. The lowest BCUT2D eigenvalue weighted by Gasteiger charge is -2.14. The highest BCUT2D eigenvalue weighted by Gasteiger charge is 2.19. The molecule has 2 aromatic rings. The molecule has 0 aliphatic heterocycles. The second kappa shape index (κ2) is 5.51. The zero-order valence-electron chi connectivity index (χ0n) is 10.1. The predicted octanol–water partition coefficient (Wildman–Crippen LogP) is 2.50. The maximum atomic E-state index is 11.3. The summed E-state index contributed by atoms with van der Waals surface area (Å²) < 4.78 is 5.27. The van der Waals surface area contributed by atoms with Crippen LogP contribution in [-0.4, -0.2) is 11.1 Å². The van der Waals surface area contributed by atoms with Gasteiger partial charge in [0.25, 0.3) is 0 Å². The molecule has 1 unspecified atom stereocenters. The second-order valence-corrected chi connectivity index (χ2v) is 4.09. The number of hydrogen-bond acceptors (Lipinski definition) is 3. The molecule has 2 rings (SSSR count). The zero-order valence-corrected chi connectivity index (χ0v) is 10.1. The van der Waals surface area contributed by atoms with Crippen molar-refractivity contribution in [3.05, 3.63) is 59.5 Å². The molecule has 0 fully saturated rings. The SMILES string of the molecule is Cc1ccoc1CNC(C(=O)O)c1ccccc1. The van der Waals surface area contributed by atoms with Gasteiger partial charge in [-0.2, -0.15) is 0 Å². The van der Waals surface area contributed by atoms with E-state index in [9.17, 15) is 9.90 Å². The molecular weight excluding hydrogens is 230 g/mol. The Morgan fingerprint density at radius 1 is 1.33 bits per heavy atom. The molecule has 0 aliphatic carbocycles. The van der Waals surface area contributed by atoms with Gasteiger partial charge in [-0.05, 0) is 24.1 Å². The molecule has 18 heavy (non-hydrogen) atoms. The van der Waals surface area contributed by atoms with E-state index >= 15 is 0 Å². The van der Waals surface area contributed by atoms with E-state index in [0.717, 1.165) is 16.9 Å². The number of carboxylic acid groups (broad SMARTS) is 1. The number of carbonyl (C=O) groups is 1. The van der Waals surface area contributed by atoms with E-state index in [1.807, 2.05) is 31.2 Å². The Hall–Kier alpha value is -2.07. The van der Waals surface area contributed by atoms with E-state index in [1.54, 1.807) is 18.4 Å². The van der Waals surface area contributed by atoms with Gasteiger partial charge in [0.15, 0.2) is 0 Å². The van der Waals surface area contributed by atoms with Gasteiger partial charge in [0, 0.05) is 0 Å². The molecule has 4 nitrogen and oxygen atoms in total. The molecule has 1 aromatic heterocycles. The first kappa shape index (κ1) is 12.4. The Morgan fingerprint density at radius 2 is 2.06 bits per heavy atom. The van der Waals surface area contributed by atoms with E-state index in [-0.39, 0.29) is 0 Å². The second-order valence-electron chi connectivity index (χ2n) is 4.09. The number of nitrogens with one attached hydrogen (secondary N) is 1. The summed E-state index contributed by atoms with van der Waals surface area (Å²) in [6, 6.07) is 10.2. The van der Waals surface area contributed by atoms with Crippen LogP contribution in [0.4, 0.5) is 0 Å². The minimum atomic E-state index is -0.898. The number of carboxylic acids is 1. The molecule has 0 aliphatic rings. The highest BCUT2D eigenvalue weighted by Crippen LogP contribution is 2.15. The van der Waals surface area contributed by atoms with E-state index in [1.165, 1.54) is 0 Å². The van der Waals surface area contributed by atoms with Gasteiger partial charge in [0.05, 0.1) is 12.8 Å². The molecule has 0 saturated heterocycles. The van der Waals surface area contributed by atoms with Crippen LogP contribution >= 0.6 is 0 Å². The highest BCUT2D eigenvalue weighted by atomic mass is 16.4. The lowest BCUT2D eigenvalue weighted by atomic mass is 10.1. The van der Waals surface area contributed by atoms with Crippen LogP contribution in [0.25, 0.3) is 0 Å². The molecule has 0 spiro atoms. The molecule has 2 N–H and O–H groups in total. The standard InChI is InChI=1S/C14H15NO3/c1-10-7-8-18-12(10)9-15-13(14(16)17)11-5-3-2-4-6-11/h2-8,13,15H,9H2,1H3,(H,16,17). The van der Waals surface area contributed by atoms with Crippen molar-refractivity contribution in [2.45, 2.75) is 19.5 Å². The van der Waals surface area contributed by atoms with Crippen molar-refractivity contribution in [3.63, 3.8) is 0 Å². The number of rotatable bonds is 5. The van der Waals surface area contributed by atoms with Crippen LogP contribution in [0.1, 0.15) is 22.9 Å². The first-order valence-electron chi connectivity index (χ1n) is 5.72. The summed E-state index contributed by atoms with van der Waals surface area (Å²) in [4.78, 5) is 11.3. The first-order chi connectivity index (χ1) is 8.68. The Labute approximate surface area is 105 Å². The Bertz CT molecular complexity index is 519. The number of benzene rings is 1. The summed E-state index contributed by atoms with van der Waals surface area (Å²) in [6.45, 7) is 2.32. The third-order valence-corrected chi connectivity index (χ3v) is 2.81. The molecular formula is C14H15NO3. The van der Waals surface area contributed by atoms with Gasteiger partial charge in [-0.1, -0.05) is 30.3 Å². The number of hydrogen-bond donors (Lipinski definition) is 2. The van der Waals surface area contributed by atoms with Crippen LogP contribution in [-0.2, 0) is 11.3 Å². The maximum Gasteiger partial charge on any atom is 0.325 e. The minimum Gasteiger partial charge on any atom is -0.480 e. The van der Waals surface area contributed by atoms with Gasteiger partial charge in [0.1, 0.15) is 11.8 Å². The van der Waals surface area contributed by atoms with Gasteiger partial charge in [0.2, 0.25) is 0 Å². The molecule has 0 radical (unpaired) electrons. The van der Waals surface area contributed by atoms with Crippen molar-refractivity contribution in [1.82, 2.24) is 5.32 Å². The topological polar surface area (TPSA) is 62.5 Å². The summed E-state index contributed by atoms with van der Waals surface area (Å²) >= 11 is 0. The van der Waals surface area contributed by atoms with Crippen molar-refractivity contribution in [2.75, 3.05) is 0 Å². The number of aryl methyl sites for hydroxylation is 1. The maximum absolute atomic E-state index is 11.3. The Morgan fingerprint density at radius 3 is 2.61 bits per heavy atom. The molecule has 0 amide bonds. The fourth-order valence-corrected chi connectivity index (χ4v) is 1.77. The lowest BCUT2D eigenvalue weighted by molar-refractivity contribution is -0.139. The summed E-state index contributed by atoms with van der Waals surface area (Å²) in [6.07, 6.45) is 1.60. The summed E-state index contributed by atoms with van der Waals surface area (Å²) in [5.74, 6) is -0.136. The predicted molar refractivity (Wildman–Crippen MR) is 67.1 cm³/mol. The summed E-state index contributed by atoms with van der Waals surface area (Å²) in [5.41, 5.74) is 1.74. The molecule has 1 heterocycles. The molecule has 94 valence electrons. The highest BCUT2D eigenvalue weighted by molar-refractivity contribution is 5.75. The molecule has 0 saturated carbocycles.